The molecule has 17 heavy (non-hydrogen) atoms. The highest BCUT2D eigenvalue weighted by molar-refractivity contribution is 4.94. The Balaban J connectivity index is 1.67. The fourth-order valence-electron chi connectivity index (χ4n) is 3.43. The summed E-state index contributed by atoms with van der Waals surface area (Å²) in [6.45, 7) is 8.00. The number of hydrogen-bond acceptors (Lipinski definition) is 2. The molecule has 1 saturated heterocycles. The van der Waals surface area contributed by atoms with E-state index in [1.807, 2.05) is 0 Å². The van der Waals surface area contributed by atoms with Crippen LogP contribution in [-0.2, 0) is 4.74 Å². The fourth-order valence-corrected chi connectivity index (χ4v) is 3.43. The second-order valence-electron chi connectivity index (χ2n) is 6.29. The first-order valence-corrected chi connectivity index (χ1v) is 7.59. The molecule has 0 radical (unpaired) electrons. The maximum absolute atomic E-state index is 6.00. The molecular weight excluding hydrogens is 210 g/mol. The molecule has 2 atom stereocenters. The molecule has 2 unspecified atom stereocenters. The summed E-state index contributed by atoms with van der Waals surface area (Å²) < 4.78 is 6.00. The van der Waals surface area contributed by atoms with Gasteiger partial charge in [-0.3, -0.25) is 0 Å². The van der Waals surface area contributed by atoms with Gasteiger partial charge in [-0.2, -0.15) is 0 Å². The van der Waals surface area contributed by atoms with Gasteiger partial charge in [0.05, 0.1) is 5.60 Å². The van der Waals surface area contributed by atoms with E-state index in [0.29, 0.717) is 5.60 Å². The standard InChI is InChI=1S/C15H29NO/c1-3-8-16-12-13(2)10-14-5-9-17-15(11-14)6-4-7-15/h13-14,16H,3-12H2,1-2H3. The molecule has 2 rings (SSSR count). The van der Waals surface area contributed by atoms with Crippen LogP contribution in [0.1, 0.15) is 58.8 Å². The molecule has 2 nitrogen and oxygen atoms in total. The Bertz CT molecular complexity index is 225. The molecule has 100 valence electrons. The van der Waals surface area contributed by atoms with Crippen LogP contribution in [0.2, 0.25) is 0 Å². The number of rotatable bonds is 6. The third-order valence-electron chi connectivity index (χ3n) is 4.52. The van der Waals surface area contributed by atoms with E-state index in [1.54, 1.807) is 0 Å². The van der Waals surface area contributed by atoms with Crippen molar-refractivity contribution in [1.82, 2.24) is 5.32 Å². The van der Waals surface area contributed by atoms with Gasteiger partial charge in [0.15, 0.2) is 0 Å². The lowest BCUT2D eigenvalue weighted by Crippen LogP contribution is -2.45. The zero-order valence-corrected chi connectivity index (χ0v) is 11.6. The molecule has 0 aromatic heterocycles. The zero-order chi connectivity index (χ0) is 12.1. The van der Waals surface area contributed by atoms with E-state index in [-0.39, 0.29) is 0 Å². The first kappa shape index (κ1) is 13.4. The summed E-state index contributed by atoms with van der Waals surface area (Å²) in [7, 11) is 0. The Kier molecular flexibility index (Phi) is 4.87. The average Bonchev–Trinajstić information content (AvgIpc) is 2.28. The summed E-state index contributed by atoms with van der Waals surface area (Å²) in [6.07, 6.45) is 9.30. The van der Waals surface area contributed by atoms with Crippen molar-refractivity contribution in [3.8, 4) is 0 Å². The zero-order valence-electron chi connectivity index (χ0n) is 11.6. The largest absolute Gasteiger partial charge is 0.375 e. The first-order chi connectivity index (χ1) is 8.24. The van der Waals surface area contributed by atoms with Gasteiger partial charge in [-0.05, 0) is 69.9 Å². The van der Waals surface area contributed by atoms with Gasteiger partial charge in [0.1, 0.15) is 0 Å². The number of nitrogens with one attached hydrogen (secondary N) is 1. The molecule has 0 bridgehead atoms. The summed E-state index contributed by atoms with van der Waals surface area (Å²) >= 11 is 0. The van der Waals surface area contributed by atoms with E-state index in [0.717, 1.165) is 18.4 Å². The molecule has 1 N–H and O–H groups in total. The fraction of sp³-hybridized carbons (Fsp3) is 1.00. The van der Waals surface area contributed by atoms with Crippen molar-refractivity contribution >= 4 is 0 Å². The Hall–Kier alpha value is -0.0800. The van der Waals surface area contributed by atoms with Crippen molar-refractivity contribution in [3.05, 3.63) is 0 Å². The van der Waals surface area contributed by atoms with Crippen LogP contribution in [0, 0.1) is 11.8 Å². The van der Waals surface area contributed by atoms with E-state index in [1.165, 1.54) is 58.0 Å². The van der Waals surface area contributed by atoms with Crippen molar-refractivity contribution in [1.29, 1.82) is 0 Å². The van der Waals surface area contributed by atoms with Crippen LogP contribution in [-0.4, -0.2) is 25.3 Å². The Morgan fingerprint density at radius 1 is 1.41 bits per heavy atom. The van der Waals surface area contributed by atoms with Crippen LogP contribution in [0.15, 0.2) is 0 Å². The average molecular weight is 239 g/mol. The van der Waals surface area contributed by atoms with Gasteiger partial charge in [-0.1, -0.05) is 13.8 Å². The maximum Gasteiger partial charge on any atom is 0.0685 e. The van der Waals surface area contributed by atoms with Crippen LogP contribution in [0.4, 0.5) is 0 Å². The summed E-state index contributed by atoms with van der Waals surface area (Å²) in [5, 5.41) is 3.54. The van der Waals surface area contributed by atoms with E-state index in [2.05, 4.69) is 19.2 Å². The van der Waals surface area contributed by atoms with Gasteiger partial charge < -0.3 is 10.1 Å². The molecule has 0 aromatic rings. The minimum absolute atomic E-state index is 0.333. The summed E-state index contributed by atoms with van der Waals surface area (Å²) in [5.74, 6) is 1.74. The second-order valence-corrected chi connectivity index (χ2v) is 6.29. The van der Waals surface area contributed by atoms with Gasteiger partial charge >= 0.3 is 0 Å². The van der Waals surface area contributed by atoms with E-state index >= 15 is 0 Å². The van der Waals surface area contributed by atoms with Crippen LogP contribution >= 0.6 is 0 Å². The van der Waals surface area contributed by atoms with Crippen LogP contribution in [0.25, 0.3) is 0 Å². The molecule has 0 amide bonds. The van der Waals surface area contributed by atoms with E-state index < -0.39 is 0 Å². The summed E-state index contributed by atoms with van der Waals surface area (Å²) in [5.41, 5.74) is 0.333. The molecule has 2 aliphatic rings. The third kappa shape index (κ3) is 3.69. The number of ether oxygens (including phenoxy) is 1. The smallest absolute Gasteiger partial charge is 0.0685 e. The number of hydrogen-bond donors (Lipinski definition) is 1. The molecule has 1 aliphatic carbocycles. The predicted octanol–water partition coefficient (Wildman–Crippen LogP) is 3.36. The van der Waals surface area contributed by atoms with Crippen molar-refractivity contribution < 1.29 is 4.74 Å². The molecule has 1 aliphatic heterocycles. The van der Waals surface area contributed by atoms with E-state index in [9.17, 15) is 0 Å². The van der Waals surface area contributed by atoms with Crippen molar-refractivity contribution in [3.63, 3.8) is 0 Å². The maximum atomic E-state index is 6.00. The molecule has 1 saturated carbocycles. The lowest BCUT2D eigenvalue weighted by molar-refractivity contribution is -0.145. The molecule has 2 heteroatoms. The highest BCUT2D eigenvalue weighted by Crippen LogP contribution is 2.45. The van der Waals surface area contributed by atoms with Gasteiger partial charge in [-0.15, -0.1) is 0 Å². The van der Waals surface area contributed by atoms with Gasteiger partial charge in [-0.25, -0.2) is 0 Å². The minimum atomic E-state index is 0.333. The van der Waals surface area contributed by atoms with Gasteiger partial charge in [0, 0.05) is 6.61 Å². The van der Waals surface area contributed by atoms with Crippen molar-refractivity contribution in [2.75, 3.05) is 19.7 Å². The van der Waals surface area contributed by atoms with Crippen molar-refractivity contribution in [2.45, 2.75) is 64.4 Å². The van der Waals surface area contributed by atoms with E-state index in [4.69, 9.17) is 4.74 Å². The highest BCUT2D eigenvalue weighted by Gasteiger charge is 2.42. The molecule has 0 aromatic carbocycles. The molecule has 1 spiro atoms. The summed E-state index contributed by atoms with van der Waals surface area (Å²) in [4.78, 5) is 0. The molecule has 2 fully saturated rings. The van der Waals surface area contributed by atoms with Gasteiger partial charge in [0.2, 0.25) is 0 Å². The normalized spacial score (nSPS) is 28.9. The first-order valence-electron chi connectivity index (χ1n) is 7.59. The van der Waals surface area contributed by atoms with Crippen LogP contribution in [0.3, 0.4) is 0 Å². The lowest BCUT2D eigenvalue weighted by Gasteiger charge is -2.47. The quantitative estimate of drug-likeness (QED) is 0.718. The Labute approximate surface area is 107 Å². The molecular formula is C15H29NO. The molecule has 1 heterocycles. The minimum Gasteiger partial charge on any atom is -0.375 e. The van der Waals surface area contributed by atoms with Gasteiger partial charge in [0.25, 0.3) is 0 Å². The lowest BCUT2D eigenvalue weighted by atomic mass is 9.70. The monoisotopic (exact) mass is 239 g/mol. The summed E-state index contributed by atoms with van der Waals surface area (Å²) in [6, 6.07) is 0. The van der Waals surface area contributed by atoms with Crippen LogP contribution < -0.4 is 5.32 Å². The Morgan fingerprint density at radius 2 is 2.24 bits per heavy atom. The topological polar surface area (TPSA) is 21.3 Å². The van der Waals surface area contributed by atoms with Crippen molar-refractivity contribution in [2.24, 2.45) is 11.8 Å². The van der Waals surface area contributed by atoms with Crippen LogP contribution in [0.5, 0.6) is 0 Å². The second kappa shape index (κ2) is 6.19. The third-order valence-corrected chi connectivity index (χ3v) is 4.52. The predicted molar refractivity (Wildman–Crippen MR) is 72.2 cm³/mol. The Morgan fingerprint density at radius 3 is 2.88 bits per heavy atom. The highest BCUT2D eigenvalue weighted by atomic mass is 16.5. The SMILES string of the molecule is CCCNCC(C)CC1CCOC2(CCC2)C1.